The topological polar surface area (TPSA) is 9.23 Å². The largest absolute Gasteiger partial charge is 0.377 e. The summed E-state index contributed by atoms with van der Waals surface area (Å²) in [6.07, 6.45) is 7.49. The Bertz CT molecular complexity index is 174. The highest BCUT2D eigenvalue weighted by Crippen LogP contribution is 2.23. The molecule has 1 saturated carbocycles. The summed E-state index contributed by atoms with van der Waals surface area (Å²) < 4.78 is 29.2. The molecule has 0 aliphatic heterocycles. The van der Waals surface area contributed by atoms with Crippen molar-refractivity contribution < 1.29 is 13.5 Å². The number of hydrogen-bond donors (Lipinski definition) is 0. The van der Waals surface area contributed by atoms with Crippen molar-refractivity contribution in [3.63, 3.8) is 0 Å². The fourth-order valence-corrected chi connectivity index (χ4v) is 1.79. The van der Waals surface area contributed by atoms with Crippen molar-refractivity contribution >= 4 is 0 Å². The van der Waals surface area contributed by atoms with Crippen LogP contribution in [0.1, 0.15) is 32.1 Å². The summed E-state index contributed by atoms with van der Waals surface area (Å²) in [5.41, 5.74) is 0. The standard InChI is InChI=1S/C11H18F2O/c12-8-11(13)6-7-14-9-10-4-2-1-3-5-10/h6,10H,1-5,7-9H2/b11-6+. The zero-order valence-corrected chi connectivity index (χ0v) is 8.48. The van der Waals surface area contributed by atoms with E-state index in [1.807, 2.05) is 0 Å². The lowest BCUT2D eigenvalue weighted by molar-refractivity contribution is 0.105. The minimum absolute atomic E-state index is 0.201. The van der Waals surface area contributed by atoms with Gasteiger partial charge >= 0.3 is 0 Å². The van der Waals surface area contributed by atoms with Gasteiger partial charge in [-0.3, -0.25) is 0 Å². The van der Waals surface area contributed by atoms with Crippen molar-refractivity contribution in [1.82, 2.24) is 0 Å². The van der Waals surface area contributed by atoms with Gasteiger partial charge in [-0.1, -0.05) is 19.3 Å². The van der Waals surface area contributed by atoms with Crippen molar-refractivity contribution in [2.75, 3.05) is 19.9 Å². The summed E-state index contributed by atoms with van der Waals surface area (Å²) in [7, 11) is 0. The van der Waals surface area contributed by atoms with Gasteiger partial charge in [-0.05, 0) is 24.8 Å². The predicted molar refractivity (Wildman–Crippen MR) is 52.6 cm³/mol. The number of rotatable bonds is 5. The summed E-state index contributed by atoms with van der Waals surface area (Å²) >= 11 is 0. The predicted octanol–water partition coefficient (Wildman–Crippen LogP) is 3.41. The lowest BCUT2D eigenvalue weighted by atomic mass is 9.90. The van der Waals surface area contributed by atoms with Gasteiger partial charge in [0.05, 0.1) is 6.61 Å². The molecule has 0 aromatic heterocycles. The van der Waals surface area contributed by atoms with Crippen LogP contribution in [-0.4, -0.2) is 19.9 Å². The van der Waals surface area contributed by atoms with E-state index >= 15 is 0 Å². The second kappa shape index (κ2) is 6.93. The van der Waals surface area contributed by atoms with Crippen LogP contribution in [0.5, 0.6) is 0 Å². The molecule has 0 atom stereocenters. The fourth-order valence-electron chi connectivity index (χ4n) is 1.79. The number of halogens is 2. The van der Waals surface area contributed by atoms with Crippen molar-refractivity contribution in [3.05, 3.63) is 11.9 Å². The van der Waals surface area contributed by atoms with E-state index in [1.165, 1.54) is 38.2 Å². The molecular formula is C11H18F2O. The molecule has 0 aromatic carbocycles. The van der Waals surface area contributed by atoms with Crippen LogP contribution in [0.15, 0.2) is 11.9 Å². The second-order valence-electron chi connectivity index (χ2n) is 3.83. The molecule has 0 unspecified atom stereocenters. The monoisotopic (exact) mass is 204 g/mol. The van der Waals surface area contributed by atoms with Crippen LogP contribution in [0.4, 0.5) is 8.78 Å². The van der Waals surface area contributed by atoms with E-state index in [0.29, 0.717) is 12.5 Å². The maximum absolute atomic E-state index is 12.3. The third-order valence-electron chi connectivity index (χ3n) is 2.63. The molecule has 0 heterocycles. The molecule has 0 N–H and O–H groups in total. The Morgan fingerprint density at radius 1 is 1.29 bits per heavy atom. The van der Waals surface area contributed by atoms with Gasteiger partial charge in [0.2, 0.25) is 0 Å². The van der Waals surface area contributed by atoms with Crippen LogP contribution in [0.2, 0.25) is 0 Å². The van der Waals surface area contributed by atoms with Crippen LogP contribution < -0.4 is 0 Å². The minimum atomic E-state index is -1.02. The Labute approximate surface area is 84.1 Å². The molecule has 0 amide bonds. The quantitative estimate of drug-likeness (QED) is 0.623. The smallest absolute Gasteiger partial charge is 0.141 e. The molecule has 1 nitrogen and oxygen atoms in total. The highest BCUT2D eigenvalue weighted by Gasteiger charge is 2.12. The van der Waals surface area contributed by atoms with E-state index in [-0.39, 0.29) is 6.61 Å². The van der Waals surface area contributed by atoms with Crippen molar-refractivity contribution in [1.29, 1.82) is 0 Å². The van der Waals surface area contributed by atoms with Crippen molar-refractivity contribution in [3.8, 4) is 0 Å². The van der Waals surface area contributed by atoms with Crippen LogP contribution in [0, 0.1) is 5.92 Å². The molecule has 0 radical (unpaired) electrons. The first-order chi connectivity index (χ1) is 6.83. The highest BCUT2D eigenvalue weighted by atomic mass is 19.2. The van der Waals surface area contributed by atoms with E-state index < -0.39 is 12.5 Å². The Morgan fingerprint density at radius 2 is 2.00 bits per heavy atom. The van der Waals surface area contributed by atoms with E-state index in [4.69, 9.17) is 4.74 Å². The van der Waals surface area contributed by atoms with E-state index in [1.54, 1.807) is 0 Å². The Hall–Kier alpha value is -0.440. The second-order valence-corrected chi connectivity index (χ2v) is 3.83. The maximum atomic E-state index is 12.3. The lowest BCUT2D eigenvalue weighted by Crippen LogP contribution is -2.13. The zero-order valence-electron chi connectivity index (χ0n) is 8.48. The van der Waals surface area contributed by atoms with Gasteiger partial charge in [0.25, 0.3) is 0 Å². The van der Waals surface area contributed by atoms with E-state index in [9.17, 15) is 8.78 Å². The average molecular weight is 204 g/mol. The molecule has 14 heavy (non-hydrogen) atoms. The number of allylic oxidation sites excluding steroid dienone is 1. The Kier molecular flexibility index (Phi) is 5.76. The van der Waals surface area contributed by atoms with Gasteiger partial charge in [-0.25, -0.2) is 8.78 Å². The Morgan fingerprint density at radius 3 is 2.64 bits per heavy atom. The zero-order chi connectivity index (χ0) is 10.2. The summed E-state index contributed by atoms with van der Waals surface area (Å²) in [5.74, 6) is -0.0979. The third-order valence-corrected chi connectivity index (χ3v) is 2.63. The van der Waals surface area contributed by atoms with Gasteiger partial charge in [0.1, 0.15) is 12.5 Å². The molecule has 1 fully saturated rings. The van der Waals surface area contributed by atoms with Gasteiger partial charge < -0.3 is 4.74 Å². The maximum Gasteiger partial charge on any atom is 0.141 e. The molecule has 0 saturated heterocycles. The van der Waals surface area contributed by atoms with Gasteiger partial charge in [0.15, 0.2) is 0 Å². The molecule has 1 aliphatic carbocycles. The molecular weight excluding hydrogens is 186 g/mol. The first-order valence-corrected chi connectivity index (χ1v) is 5.31. The highest BCUT2D eigenvalue weighted by molar-refractivity contribution is 4.90. The van der Waals surface area contributed by atoms with Gasteiger partial charge in [-0.15, -0.1) is 0 Å². The summed E-state index contributed by atoms with van der Waals surface area (Å²) in [6.45, 7) is -0.130. The number of alkyl halides is 1. The van der Waals surface area contributed by atoms with Crippen LogP contribution in [-0.2, 0) is 4.74 Å². The van der Waals surface area contributed by atoms with E-state index in [0.717, 1.165) is 0 Å². The summed E-state index contributed by atoms with van der Waals surface area (Å²) in [5, 5.41) is 0. The average Bonchev–Trinajstić information content (AvgIpc) is 2.25. The minimum Gasteiger partial charge on any atom is -0.377 e. The van der Waals surface area contributed by atoms with Crippen molar-refractivity contribution in [2.24, 2.45) is 5.92 Å². The SMILES string of the molecule is FC/C(F)=C\COCC1CCCCC1. The fraction of sp³-hybridized carbons (Fsp3) is 0.818. The molecule has 82 valence electrons. The van der Waals surface area contributed by atoms with Gasteiger partial charge in [0, 0.05) is 6.61 Å². The third kappa shape index (κ3) is 4.70. The van der Waals surface area contributed by atoms with Crippen molar-refractivity contribution in [2.45, 2.75) is 32.1 Å². The molecule has 0 aromatic rings. The molecule has 0 spiro atoms. The summed E-state index contributed by atoms with van der Waals surface area (Å²) in [4.78, 5) is 0. The van der Waals surface area contributed by atoms with E-state index in [2.05, 4.69) is 0 Å². The number of ether oxygens (including phenoxy) is 1. The molecule has 1 aliphatic rings. The molecule has 0 bridgehead atoms. The first kappa shape index (κ1) is 11.6. The van der Waals surface area contributed by atoms with Crippen LogP contribution >= 0.6 is 0 Å². The lowest BCUT2D eigenvalue weighted by Gasteiger charge is -2.20. The Balaban J connectivity index is 2.02. The molecule has 1 rings (SSSR count). The first-order valence-electron chi connectivity index (χ1n) is 5.31. The number of hydrogen-bond acceptors (Lipinski definition) is 1. The summed E-state index contributed by atoms with van der Waals surface area (Å²) in [6, 6.07) is 0. The molecule has 3 heteroatoms. The normalized spacial score (nSPS) is 20.0. The van der Waals surface area contributed by atoms with Gasteiger partial charge in [-0.2, -0.15) is 0 Å². The van der Waals surface area contributed by atoms with Crippen LogP contribution in [0.3, 0.4) is 0 Å². The van der Waals surface area contributed by atoms with Crippen LogP contribution in [0.25, 0.3) is 0 Å².